The summed E-state index contributed by atoms with van der Waals surface area (Å²) in [5.41, 5.74) is 3.85. The number of oxime groups is 1. The maximum atomic E-state index is 9.33. The van der Waals surface area contributed by atoms with Gasteiger partial charge in [0.15, 0.2) is 0 Å². The van der Waals surface area contributed by atoms with Crippen LogP contribution < -0.4 is 0 Å². The van der Waals surface area contributed by atoms with Crippen LogP contribution in [0.15, 0.2) is 29.4 Å². The Bertz CT molecular complexity index is 432. The van der Waals surface area contributed by atoms with Crippen molar-refractivity contribution in [2.75, 3.05) is 0 Å². The third-order valence-electron chi connectivity index (χ3n) is 4.35. The molecule has 2 nitrogen and oxygen atoms in total. The Morgan fingerprint density at radius 2 is 1.88 bits per heavy atom. The molecule has 2 aliphatic rings. The standard InChI is InChI=1S/C15H19NO/c17-16-15(11-6-2-1-3-7-11)14-10-12-8-4-5-9-13(12)14/h4-5,8-9,11,14,17H,1-3,6-7,10H2/b16-15+/t14-/m1/s1. The maximum Gasteiger partial charge on any atom is 0.0679 e. The van der Waals surface area contributed by atoms with Crippen LogP contribution in [0.5, 0.6) is 0 Å². The summed E-state index contributed by atoms with van der Waals surface area (Å²) < 4.78 is 0. The van der Waals surface area contributed by atoms with Crippen LogP contribution in [0.3, 0.4) is 0 Å². The molecular formula is C15H19NO. The van der Waals surface area contributed by atoms with Crippen LogP contribution in [0.25, 0.3) is 0 Å². The van der Waals surface area contributed by atoms with Crippen molar-refractivity contribution in [1.29, 1.82) is 0 Å². The lowest BCUT2D eigenvalue weighted by Crippen LogP contribution is -2.31. The summed E-state index contributed by atoms with van der Waals surface area (Å²) >= 11 is 0. The Morgan fingerprint density at radius 1 is 1.12 bits per heavy atom. The van der Waals surface area contributed by atoms with Crippen molar-refractivity contribution >= 4 is 5.71 Å². The zero-order valence-electron chi connectivity index (χ0n) is 10.1. The number of benzene rings is 1. The molecule has 17 heavy (non-hydrogen) atoms. The van der Waals surface area contributed by atoms with Gasteiger partial charge in [-0.3, -0.25) is 0 Å². The quantitative estimate of drug-likeness (QED) is 0.467. The molecule has 2 aliphatic carbocycles. The molecule has 0 heterocycles. The fourth-order valence-corrected chi connectivity index (χ4v) is 3.36. The largest absolute Gasteiger partial charge is 0.411 e. The second kappa shape index (κ2) is 4.52. The SMILES string of the molecule is O/N=C(\C1CCCCC1)[C@@H]1Cc2ccccc21. The van der Waals surface area contributed by atoms with Gasteiger partial charge in [-0.2, -0.15) is 0 Å². The van der Waals surface area contributed by atoms with Crippen molar-refractivity contribution in [3.05, 3.63) is 35.4 Å². The molecule has 0 aromatic heterocycles. The molecule has 0 bridgehead atoms. The Balaban J connectivity index is 1.80. The second-order valence-electron chi connectivity index (χ2n) is 5.32. The van der Waals surface area contributed by atoms with Crippen LogP contribution in [0, 0.1) is 5.92 Å². The van der Waals surface area contributed by atoms with Gasteiger partial charge >= 0.3 is 0 Å². The monoisotopic (exact) mass is 229 g/mol. The van der Waals surface area contributed by atoms with Gasteiger partial charge in [-0.05, 0) is 30.4 Å². The lowest BCUT2D eigenvalue weighted by Gasteiger charge is -2.35. The molecule has 1 atom stereocenters. The lowest BCUT2D eigenvalue weighted by molar-refractivity contribution is 0.305. The van der Waals surface area contributed by atoms with Gasteiger partial charge in [0.05, 0.1) is 5.71 Å². The first kappa shape index (κ1) is 10.8. The van der Waals surface area contributed by atoms with Crippen molar-refractivity contribution in [3.63, 3.8) is 0 Å². The van der Waals surface area contributed by atoms with E-state index in [1.165, 1.54) is 43.2 Å². The smallest absolute Gasteiger partial charge is 0.0679 e. The minimum atomic E-state index is 0.388. The van der Waals surface area contributed by atoms with Crippen molar-refractivity contribution in [3.8, 4) is 0 Å². The predicted octanol–water partition coefficient (Wildman–Crippen LogP) is 3.74. The number of hydrogen-bond donors (Lipinski definition) is 1. The minimum absolute atomic E-state index is 0.388. The van der Waals surface area contributed by atoms with Crippen LogP contribution in [-0.4, -0.2) is 10.9 Å². The molecular weight excluding hydrogens is 210 g/mol. The highest BCUT2D eigenvalue weighted by atomic mass is 16.4. The molecule has 1 aromatic rings. The maximum absolute atomic E-state index is 9.33. The number of fused-ring (bicyclic) bond motifs is 1. The van der Waals surface area contributed by atoms with Gasteiger partial charge in [-0.25, -0.2) is 0 Å². The minimum Gasteiger partial charge on any atom is -0.411 e. The average Bonchev–Trinajstić information content (AvgIpc) is 2.37. The van der Waals surface area contributed by atoms with Gasteiger partial charge in [0.25, 0.3) is 0 Å². The van der Waals surface area contributed by atoms with Crippen LogP contribution in [-0.2, 0) is 6.42 Å². The van der Waals surface area contributed by atoms with E-state index in [2.05, 4.69) is 29.4 Å². The Kier molecular flexibility index (Phi) is 2.87. The molecule has 0 aliphatic heterocycles. The first-order valence-corrected chi connectivity index (χ1v) is 6.70. The lowest BCUT2D eigenvalue weighted by atomic mass is 9.69. The summed E-state index contributed by atoms with van der Waals surface area (Å²) in [7, 11) is 0. The molecule has 1 fully saturated rings. The van der Waals surface area contributed by atoms with Gasteiger partial charge in [-0.1, -0.05) is 48.7 Å². The molecule has 0 amide bonds. The summed E-state index contributed by atoms with van der Waals surface area (Å²) in [5.74, 6) is 0.909. The van der Waals surface area contributed by atoms with Crippen molar-refractivity contribution in [2.45, 2.75) is 44.4 Å². The average molecular weight is 229 g/mol. The van der Waals surface area contributed by atoms with Crippen LogP contribution >= 0.6 is 0 Å². The van der Waals surface area contributed by atoms with E-state index in [1.807, 2.05) is 0 Å². The topological polar surface area (TPSA) is 32.6 Å². The molecule has 1 saturated carbocycles. The van der Waals surface area contributed by atoms with E-state index >= 15 is 0 Å². The zero-order chi connectivity index (χ0) is 11.7. The third kappa shape index (κ3) is 1.86. The first-order valence-electron chi connectivity index (χ1n) is 6.70. The van der Waals surface area contributed by atoms with E-state index in [4.69, 9.17) is 0 Å². The number of hydrogen-bond acceptors (Lipinski definition) is 2. The van der Waals surface area contributed by atoms with Crippen molar-refractivity contribution in [1.82, 2.24) is 0 Å². The van der Waals surface area contributed by atoms with E-state index in [0.717, 1.165) is 12.1 Å². The van der Waals surface area contributed by atoms with E-state index in [-0.39, 0.29) is 0 Å². The molecule has 1 N–H and O–H groups in total. The highest BCUT2D eigenvalue weighted by Gasteiger charge is 2.34. The Labute approximate surface area is 102 Å². The van der Waals surface area contributed by atoms with E-state index in [1.54, 1.807) is 0 Å². The van der Waals surface area contributed by atoms with Gasteiger partial charge < -0.3 is 5.21 Å². The zero-order valence-corrected chi connectivity index (χ0v) is 10.1. The molecule has 0 unspecified atom stereocenters. The third-order valence-corrected chi connectivity index (χ3v) is 4.35. The highest BCUT2D eigenvalue weighted by molar-refractivity contribution is 5.95. The fourth-order valence-electron chi connectivity index (χ4n) is 3.36. The summed E-state index contributed by atoms with van der Waals surface area (Å²) in [5, 5.41) is 13.0. The molecule has 90 valence electrons. The number of rotatable bonds is 2. The van der Waals surface area contributed by atoms with Gasteiger partial charge in [0, 0.05) is 11.8 Å². The molecule has 0 radical (unpaired) electrons. The van der Waals surface area contributed by atoms with Crippen LogP contribution in [0.4, 0.5) is 0 Å². The summed E-state index contributed by atoms with van der Waals surface area (Å²) in [6, 6.07) is 8.53. The summed E-state index contributed by atoms with van der Waals surface area (Å²) in [6.45, 7) is 0. The highest BCUT2D eigenvalue weighted by Crippen LogP contribution is 2.40. The van der Waals surface area contributed by atoms with Gasteiger partial charge in [0.2, 0.25) is 0 Å². The fraction of sp³-hybridized carbons (Fsp3) is 0.533. The van der Waals surface area contributed by atoms with E-state index in [9.17, 15) is 5.21 Å². The molecule has 2 heteroatoms. The second-order valence-corrected chi connectivity index (χ2v) is 5.32. The van der Waals surface area contributed by atoms with Gasteiger partial charge in [0.1, 0.15) is 0 Å². The Hall–Kier alpha value is -1.31. The van der Waals surface area contributed by atoms with E-state index < -0.39 is 0 Å². The predicted molar refractivity (Wildman–Crippen MR) is 68.7 cm³/mol. The van der Waals surface area contributed by atoms with Crippen molar-refractivity contribution in [2.24, 2.45) is 11.1 Å². The molecule has 3 rings (SSSR count). The van der Waals surface area contributed by atoms with E-state index in [0.29, 0.717) is 11.8 Å². The van der Waals surface area contributed by atoms with Crippen LogP contribution in [0.2, 0.25) is 0 Å². The molecule has 0 saturated heterocycles. The number of nitrogens with zero attached hydrogens (tertiary/aromatic N) is 1. The summed E-state index contributed by atoms with van der Waals surface area (Å²) in [6.07, 6.45) is 7.40. The van der Waals surface area contributed by atoms with Gasteiger partial charge in [-0.15, -0.1) is 0 Å². The van der Waals surface area contributed by atoms with Crippen LogP contribution in [0.1, 0.15) is 49.1 Å². The summed E-state index contributed by atoms with van der Waals surface area (Å²) in [4.78, 5) is 0. The normalized spacial score (nSPS) is 25.2. The first-order chi connectivity index (χ1) is 8.40. The molecule has 1 aromatic carbocycles. The Morgan fingerprint density at radius 3 is 2.59 bits per heavy atom. The molecule has 0 spiro atoms. The van der Waals surface area contributed by atoms with Crippen molar-refractivity contribution < 1.29 is 5.21 Å².